The summed E-state index contributed by atoms with van der Waals surface area (Å²) in [6, 6.07) is 12.8. The molecule has 0 aromatic heterocycles. The van der Waals surface area contributed by atoms with Crippen LogP contribution in [0.2, 0.25) is 0 Å². The molecule has 0 heterocycles. The first-order chi connectivity index (χ1) is 14.3. The van der Waals surface area contributed by atoms with E-state index in [1.807, 2.05) is 0 Å². The third-order valence-electron chi connectivity index (χ3n) is 5.50. The number of sulfonamides is 1. The lowest BCUT2D eigenvalue weighted by Gasteiger charge is -2.23. The quantitative estimate of drug-likeness (QED) is 0.723. The van der Waals surface area contributed by atoms with Crippen molar-refractivity contribution < 1.29 is 17.6 Å². The Kier molecular flexibility index (Phi) is 7.48. The van der Waals surface area contributed by atoms with Crippen molar-refractivity contribution in [3.63, 3.8) is 0 Å². The number of carbonyl (C=O) groups is 1. The van der Waals surface area contributed by atoms with Gasteiger partial charge >= 0.3 is 0 Å². The molecule has 1 aliphatic carbocycles. The summed E-state index contributed by atoms with van der Waals surface area (Å²) in [5.41, 5.74) is 1.22. The highest BCUT2D eigenvalue weighted by Gasteiger charge is 2.21. The molecule has 30 heavy (non-hydrogen) atoms. The van der Waals surface area contributed by atoms with Crippen molar-refractivity contribution in [3.05, 3.63) is 65.5 Å². The van der Waals surface area contributed by atoms with Gasteiger partial charge in [-0.2, -0.15) is 0 Å². The van der Waals surface area contributed by atoms with Gasteiger partial charge in [0.15, 0.2) is 0 Å². The van der Waals surface area contributed by atoms with Crippen molar-refractivity contribution in [2.24, 2.45) is 0 Å². The number of rotatable bonds is 6. The summed E-state index contributed by atoms with van der Waals surface area (Å²) < 4.78 is 39.7. The van der Waals surface area contributed by atoms with Crippen molar-refractivity contribution in [3.8, 4) is 0 Å². The highest BCUT2D eigenvalue weighted by Crippen LogP contribution is 2.24. The summed E-state index contributed by atoms with van der Waals surface area (Å²) in [5, 5.41) is 3.13. The lowest BCUT2D eigenvalue weighted by molar-refractivity contribution is 0.0930. The molecule has 1 fully saturated rings. The van der Waals surface area contributed by atoms with Gasteiger partial charge < -0.3 is 5.32 Å². The smallest absolute Gasteiger partial charge is 0.251 e. The second kappa shape index (κ2) is 10.1. The zero-order valence-corrected chi connectivity index (χ0v) is 18.1. The number of anilines is 1. The monoisotopic (exact) mass is 432 g/mol. The van der Waals surface area contributed by atoms with Gasteiger partial charge in [-0.25, -0.2) is 12.8 Å². The zero-order valence-electron chi connectivity index (χ0n) is 17.3. The van der Waals surface area contributed by atoms with Gasteiger partial charge in [-0.1, -0.05) is 56.4 Å². The topological polar surface area (TPSA) is 66.5 Å². The summed E-state index contributed by atoms with van der Waals surface area (Å²) in [4.78, 5) is 12.6. The average molecular weight is 433 g/mol. The molecule has 0 radical (unpaired) electrons. The van der Waals surface area contributed by atoms with Crippen molar-refractivity contribution in [2.75, 3.05) is 10.6 Å². The van der Waals surface area contributed by atoms with Gasteiger partial charge in [0.05, 0.1) is 18.5 Å². The van der Waals surface area contributed by atoms with Crippen LogP contribution in [0.1, 0.15) is 60.9 Å². The fraction of sp³-hybridized carbons (Fsp3) is 0.435. The molecule has 1 amide bonds. The third kappa shape index (κ3) is 6.05. The fourth-order valence-electron chi connectivity index (χ4n) is 3.83. The van der Waals surface area contributed by atoms with Crippen LogP contribution in [0.15, 0.2) is 48.5 Å². The van der Waals surface area contributed by atoms with Gasteiger partial charge in [0.2, 0.25) is 10.0 Å². The molecule has 0 spiro atoms. The van der Waals surface area contributed by atoms with Crippen molar-refractivity contribution >= 4 is 21.6 Å². The number of nitrogens with one attached hydrogen (secondary N) is 1. The third-order valence-corrected chi connectivity index (χ3v) is 6.63. The van der Waals surface area contributed by atoms with Crippen LogP contribution in [0.25, 0.3) is 0 Å². The van der Waals surface area contributed by atoms with Crippen molar-refractivity contribution in [1.29, 1.82) is 0 Å². The minimum Gasteiger partial charge on any atom is -0.349 e. The van der Waals surface area contributed by atoms with Gasteiger partial charge in [0.25, 0.3) is 5.91 Å². The summed E-state index contributed by atoms with van der Waals surface area (Å²) >= 11 is 0. The van der Waals surface area contributed by atoms with Gasteiger partial charge in [-0.15, -0.1) is 0 Å². The Bertz CT molecular complexity index is 953. The normalized spacial score (nSPS) is 15.8. The molecule has 2 aromatic carbocycles. The van der Waals surface area contributed by atoms with E-state index in [0.29, 0.717) is 11.1 Å². The molecule has 7 heteroatoms. The Labute approximate surface area is 178 Å². The van der Waals surface area contributed by atoms with Gasteiger partial charge in [-0.05, 0) is 42.7 Å². The maximum Gasteiger partial charge on any atom is 0.251 e. The van der Waals surface area contributed by atoms with Crippen LogP contribution >= 0.6 is 0 Å². The summed E-state index contributed by atoms with van der Waals surface area (Å²) in [6.45, 7) is -0.00963. The van der Waals surface area contributed by atoms with Crippen molar-refractivity contribution in [1.82, 2.24) is 5.32 Å². The van der Waals surface area contributed by atoms with Crippen LogP contribution in [0.3, 0.4) is 0 Å². The van der Waals surface area contributed by atoms with Gasteiger partial charge in [0.1, 0.15) is 5.82 Å². The van der Waals surface area contributed by atoms with Crippen LogP contribution in [-0.4, -0.2) is 26.6 Å². The first-order valence-electron chi connectivity index (χ1n) is 10.5. The van der Waals surface area contributed by atoms with Crippen molar-refractivity contribution in [2.45, 2.75) is 57.5 Å². The molecular formula is C23H29FN2O3S. The average Bonchev–Trinajstić information content (AvgIpc) is 2.68. The molecule has 1 N–H and O–H groups in total. The highest BCUT2D eigenvalue weighted by atomic mass is 32.2. The lowest BCUT2D eigenvalue weighted by Crippen LogP contribution is -2.35. The van der Waals surface area contributed by atoms with Gasteiger partial charge in [-0.3, -0.25) is 9.10 Å². The number of halogens is 1. The molecular weight excluding hydrogens is 403 g/mol. The van der Waals surface area contributed by atoms with Gasteiger partial charge in [0, 0.05) is 11.6 Å². The first-order valence-corrected chi connectivity index (χ1v) is 12.3. The van der Waals surface area contributed by atoms with Crippen LogP contribution < -0.4 is 9.62 Å². The van der Waals surface area contributed by atoms with Crippen LogP contribution in [0.5, 0.6) is 0 Å². The molecule has 3 rings (SSSR count). The predicted octanol–water partition coefficient (Wildman–Crippen LogP) is 4.63. The Morgan fingerprint density at radius 1 is 1.00 bits per heavy atom. The number of nitrogens with zero attached hydrogens (tertiary/aromatic N) is 1. The molecule has 1 aliphatic rings. The molecule has 0 atom stereocenters. The number of benzene rings is 2. The van der Waals surface area contributed by atoms with Crippen LogP contribution in [-0.2, 0) is 16.6 Å². The minimum atomic E-state index is -3.68. The fourth-order valence-corrected chi connectivity index (χ4v) is 4.72. The lowest BCUT2D eigenvalue weighted by atomic mass is 9.96. The number of hydrogen-bond donors (Lipinski definition) is 1. The standard InChI is InChI=1S/C23H29FN2O3S/c1-30(28,29)26(22-12-8-7-11-21(22)24)17-18-13-15-19(16-14-18)23(27)25-20-9-5-3-2-4-6-10-20/h7-8,11-16,20H,2-6,9-10,17H2,1H3,(H,25,27). The molecule has 0 aliphatic heterocycles. The zero-order chi connectivity index (χ0) is 21.6. The maximum atomic E-state index is 14.2. The molecule has 5 nitrogen and oxygen atoms in total. The van der Waals surface area contributed by atoms with E-state index in [2.05, 4.69) is 5.32 Å². The number of hydrogen-bond acceptors (Lipinski definition) is 3. The second-order valence-electron chi connectivity index (χ2n) is 7.93. The SMILES string of the molecule is CS(=O)(=O)N(Cc1ccc(C(=O)NC2CCCCCCC2)cc1)c1ccccc1F. The second-order valence-corrected chi connectivity index (χ2v) is 9.84. The van der Waals surface area contributed by atoms with E-state index in [1.54, 1.807) is 30.3 Å². The Morgan fingerprint density at radius 3 is 2.20 bits per heavy atom. The minimum absolute atomic E-state index is 0.00565. The summed E-state index contributed by atoms with van der Waals surface area (Å²) in [5.74, 6) is -0.709. The van der Waals surface area contributed by atoms with Crippen LogP contribution in [0.4, 0.5) is 10.1 Å². The molecule has 0 bridgehead atoms. The van der Waals surface area contributed by atoms with E-state index in [0.717, 1.165) is 36.2 Å². The summed E-state index contributed by atoms with van der Waals surface area (Å²) in [6.07, 6.45) is 9.07. The van der Waals surface area contributed by atoms with E-state index < -0.39 is 15.8 Å². The van der Waals surface area contributed by atoms with E-state index >= 15 is 0 Å². The Hall–Kier alpha value is -2.41. The van der Waals surface area contributed by atoms with E-state index in [4.69, 9.17) is 0 Å². The largest absolute Gasteiger partial charge is 0.349 e. The van der Waals surface area contributed by atoms with E-state index in [9.17, 15) is 17.6 Å². The Balaban J connectivity index is 1.69. The van der Waals surface area contributed by atoms with E-state index in [1.165, 1.54) is 37.5 Å². The molecule has 0 saturated heterocycles. The van der Waals surface area contributed by atoms with Crippen LogP contribution in [0, 0.1) is 5.82 Å². The number of carbonyl (C=O) groups excluding carboxylic acids is 1. The predicted molar refractivity (Wildman–Crippen MR) is 117 cm³/mol. The highest BCUT2D eigenvalue weighted by molar-refractivity contribution is 7.92. The molecule has 0 unspecified atom stereocenters. The first kappa shape index (κ1) is 22.3. The number of amides is 1. The van der Waals surface area contributed by atoms with E-state index in [-0.39, 0.29) is 24.2 Å². The molecule has 1 saturated carbocycles. The maximum absolute atomic E-state index is 14.2. The Morgan fingerprint density at radius 2 is 1.60 bits per heavy atom. The number of para-hydroxylation sites is 1. The molecule has 2 aromatic rings. The summed E-state index contributed by atoms with van der Waals surface area (Å²) in [7, 11) is -3.68. The molecule has 162 valence electrons.